The molecule has 19 heavy (non-hydrogen) atoms. The van der Waals surface area contributed by atoms with Gasteiger partial charge in [0.1, 0.15) is 10.7 Å². The Balaban J connectivity index is 3.38. The van der Waals surface area contributed by atoms with Crippen LogP contribution in [0.1, 0.15) is 0 Å². The molecule has 0 bridgehead atoms. The van der Waals surface area contributed by atoms with E-state index in [1.54, 1.807) is 0 Å². The summed E-state index contributed by atoms with van der Waals surface area (Å²) in [5.41, 5.74) is -0.915. The van der Waals surface area contributed by atoms with Crippen LogP contribution in [0.5, 0.6) is 5.75 Å². The maximum Gasteiger partial charge on any atom is 0.341 e. The van der Waals surface area contributed by atoms with Gasteiger partial charge in [-0.15, -0.1) is 0 Å². The first kappa shape index (κ1) is 15.1. The van der Waals surface area contributed by atoms with E-state index in [4.69, 9.17) is 15.8 Å². The van der Waals surface area contributed by atoms with Crippen molar-refractivity contribution >= 4 is 31.4 Å². The molecule has 8 nitrogen and oxygen atoms in total. The Morgan fingerprint density at radius 1 is 1.53 bits per heavy atom. The van der Waals surface area contributed by atoms with Crippen molar-refractivity contribution < 1.29 is 32.4 Å². The highest BCUT2D eigenvalue weighted by molar-refractivity contribution is 8.13. The van der Waals surface area contributed by atoms with Gasteiger partial charge in [0.25, 0.3) is 9.05 Å². The average molecular weight is 314 g/mol. The van der Waals surface area contributed by atoms with E-state index in [2.05, 4.69) is 4.74 Å². The number of nitro benzene ring substituents is 1. The number of aliphatic carboxylic acids is 1. The summed E-state index contributed by atoms with van der Waals surface area (Å²) in [7, 11) is 0.378. The predicted molar refractivity (Wildman–Crippen MR) is 59.2 cm³/mol. The minimum absolute atomic E-state index is 0.356. The third-order valence-corrected chi connectivity index (χ3v) is 3.16. The molecule has 0 aromatic heterocycles. The van der Waals surface area contributed by atoms with Gasteiger partial charge >= 0.3 is 11.7 Å². The molecule has 1 rings (SSSR count). The molecule has 0 unspecified atom stereocenters. The van der Waals surface area contributed by atoms with E-state index >= 15 is 0 Å². The lowest BCUT2D eigenvalue weighted by atomic mass is 10.3. The van der Waals surface area contributed by atoms with Gasteiger partial charge in [0.15, 0.2) is 6.61 Å². The van der Waals surface area contributed by atoms with Gasteiger partial charge in [-0.1, -0.05) is 0 Å². The molecule has 0 fully saturated rings. The second-order valence-electron chi connectivity index (χ2n) is 3.13. The number of benzene rings is 1. The van der Waals surface area contributed by atoms with Gasteiger partial charge in [-0.3, -0.25) is 10.1 Å². The van der Waals surface area contributed by atoms with Gasteiger partial charge in [0.05, 0.1) is 4.92 Å². The number of nitro groups is 1. The van der Waals surface area contributed by atoms with E-state index in [1.807, 2.05) is 0 Å². The van der Waals surface area contributed by atoms with Crippen LogP contribution in [-0.2, 0) is 13.8 Å². The SMILES string of the molecule is O=C(O)COc1cc(F)c(S(=O)(=O)Cl)cc1[N+](=O)[O-]. The van der Waals surface area contributed by atoms with Crippen molar-refractivity contribution in [2.45, 2.75) is 4.90 Å². The van der Waals surface area contributed by atoms with Crippen molar-refractivity contribution in [3.63, 3.8) is 0 Å². The highest BCUT2D eigenvalue weighted by Crippen LogP contribution is 2.33. The molecule has 0 aliphatic heterocycles. The monoisotopic (exact) mass is 313 g/mol. The Kier molecular flexibility index (Phi) is 4.27. The number of carboxylic acid groups (broad SMARTS) is 1. The summed E-state index contributed by atoms with van der Waals surface area (Å²) in [4.78, 5) is 18.8. The van der Waals surface area contributed by atoms with Crippen LogP contribution < -0.4 is 4.74 Å². The molecule has 0 aliphatic rings. The lowest BCUT2D eigenvalue weighted by molar-refractivity contribution is -0.386. The maximum atomic E-state index is 13.4. The average Bonchev–Trinajstić information content (AvgIpc) is 2.23. The van der Waals surface area contributed by atoms with E-state index in [1.165, 1.54) is 0 Å². The normalized spacial score (nSPS) is 11.1. The molecular weight excluding hydrogens is 309 g/mol. The molecule has 11 heteroatoms. The van der Waals surface area contributed by atoms with E-state index in [0.717, 1.165) is 0 Å². The number of carbonyl (C=O) groups is 1. The minimum Gasteiger partial charge on any atom is -0.479 e. The first-order valence-electron chi connectivity index (χ1n) is 4.40. The van der Waals surface area contributed by atoms with E-state index in [9.17, 15) is 27.7 Å². The van der Waals surface area contributed by atoms with Crippen LogP contribution in [0.2, 0.25) is 0 Å². The van der Waals surface area contributed by atoms with Crippen LogP contribution in [-0.4, -0.2) is 31.0 Å². The molecule has 0 saturated carbocycles. The van der Waals surface area contributed by atoms with Crippen molar-refractivity contribution in [3.8, 4) is 5.75 Å². The third-order valence-electron chi connectivity index (χ3n) is 1.82. The lowest BCUT2D eigenvalue weighted by Crippen LogP contribution is -2.11. The van der Waals surface area contributed by atoms with Crippen LogP contribution in [0.25, 0.3) is 0 Å². The molecule has 0 heterocycles. The van der Waals surface area contributed by atoms with Crippen LogP contribution in [0.15, 0.2) is 17.0 Å². The smallest absolute Gasteiger partial charge is 0.341 e. The Morgan fingerprint density at radius 2 is 2.11 bits per heavy atom. The number of hydrogen-bond acceptors (Lipinski definition) is 6. The topological polar surface area (TPSA) is 124 Å². The summed E-state index contributed by atoms with van der Waals surface area (Å²) < 4.78 is 39.8. The molecule has 0 atom stereocenters. The number of halogens is 2. The minimum atomic E-state index is -4.52. The summed E-state index contributed by atoms with van der Waals surface area (Å²) in [6.45, 7) is -0.951. The number of nitrogens with zero attached hydrogens (tertiary/aromatic N) is 1. The van der Waals surface area contributed by atoms with Crippen LogP contribution in [0.4, 0.5) is 10.1 Å². The van der Waals surface area contributed by atoms with Crippen molar-refractivity contribution in [1.82, 2.24) is 0 Å². The fourth-order valence-electron chi connectivity index (χ4n) is 1.11. The van der Waals surface area contributed by atoms with E-state index in [0.29, 0.717) is 12.1 Å². The van der Waals surface area contributed by atoms with E-state index < -0.39 is 48.7 Å². The number of hydrogen-bond donors (Lipinski definition) is 1. The molecule has 0 aliphatic carbocycles. The molecule has 1 aromatic carbocycles. The summed E-state index contributed by atoms with van der Waals surface area (Å²) in [5.74, 6) is -3.54. The van der Waals surface area contributed by atoms with Gasteiger partial charge < -0.3 is 9.84 Å². The Hall–Kier alpha value is -1.94. The Morgan fingerprint density at radius 3 is 2.53 bits per heavy atom. The maximum absolute atomic E-state index is 13.4. The molecule has 1 aromatic rings. The van der Waals surface area contributed by atoms with Crippen LogP contribution in [0, 0.1) is 15.9 Å². The fraction of sp³-hybridized carbons (Fsp3) is 0.125. The molecule has 0 saturated heterocycles. The van der Waals surface area contributed by atoms with Gasteiger partial charge in [-0.05, 0) is 0 Å². The molecule has 0 radical (unpaired) electrons. The number of ether oxygens (including phenoxy) is 1. The second-order valence-corrected chi connectivity index (χ2v) is 5.66. The summed E-state index contributed by atoms with van der Waals surface area (Å²) >= 11 is 0. The van der Waals surface area contributed by atoms with Crippen molar-refractivity contribution in [3.05, 3.63) is 28.1 Å². The van der Waals surface area contributed by atoms with Crippen molar-refractivity contribution in [1.29, 1.82) is 0 Å². The van der Waals surface area contributed by atoms with Crippen LogP contribution in [0.3, 0.4) is 0 Å². The largest absolute Gasteiger partial charge is 0.479 e. The molecule has 0 amide bonds. The fourth-order valence-corrected chi connectivity index (χ4v) is 2.01. The standard InChI is InChI=1S/C8H5ClFNO7S/c9-19(16,17)7-2-5(11(14)15)6(1-4(7)10)18-3-8(12)13/h1-2H,3H2,(H,12,13). The van der Waals surface area contributed by atoms with E-state index in [-0.39, 0.29) is 0 Å². The van der Waals surface area contributed by atoms with Gasteiger partial charge in [-0.25, -0.2) is 17.6 Å². The second kappa shape index (κ2) is 5.36. The first-order chi connectivity index (χ1) is 8.62. The Bertz CT molecular complexity index is 645. The zero-order chi connectivity index (χ0) is 14.8. The highest BCUT2D eigenvalue weighted by atomic mass is 35.7. The van der Waals surface area contributed by atoms with Crippen LogP contribution >= 0.6 is 10.7 Å². The summed E-state index contributed by atoms with van der Waals surface area (Å²) in [6.07, 6.45) is 0. The molecule has 0 spiro atoms. The van der Waals surface area contributed by atoms with Crippen molar-refractivity contribution in [2.24, 2.45) is 0 Å². The highest BCUT2D eigenvalue weighted by Gasteiger charge is 2.26. The zero-order valence-corrected chi connectivity index (χ0v) is 10.4. The van der Waals surface area contributed by atoms with Gasteiger partial charge in [0, 0.05) is 22.8 Å². The Labute approximate surface area is 109 Å². The quantitative estimate of drug-likeness (QED) is 0.490. The molecular formula is C8H5ClFNO7S. The third kappa shape index (κ3) is 3.76. The van der Waals surface area contributed by atoms with Gasteiger partial charge in [0.2, 0.25) is 5.75 Å². The summed E-state index contributed by atoms with van der Waals surface area (Å²) in [5, 5.41) is 19.0. The van der Waals surface area contributed by atoms with Crippen molar-refractivity contribution in [2.75, 3.05) is 6.61 Å². The van der Waals surface area contributed by atoms with Gasteiger partial charge in [-0.2, -0.15) is 0 Å². The molecule has 104 valence electrons. The predicted octanol–water partition coefficient (Wildman–Crippen LogP) is 1.12. The lowest BCUT2D eigenvalue weighted by Gasteiger charge is -2.06. The zero-order valence-electron chi connectivity index (χ0n) is 8.87. The molecule has 1 N–H and O–H groups in total. The first-order valence-corrected chi connectivity index (χ1v) is 6.71. The number of carboxylic acids is 1. The number of rotatable bonds is 5. The summed E-state index contributed by atoms with van der Waals surface area (Å²) in [6, 6.07) is 0.741.